The van der Waals surface area contributed by atoms with Gasteiger partial charge < -0.3 is 9.63 Å². The SMILES string of the molecule is CCC(O)(CC)Cn1nc(-c2ccccc2)c2c(C)onc2c1=O. The van der Waals surface area contributed by atoms with E-state index in [1.165, 1.54) is 4.68 Å². The maximum absolute atomic E-state index is 12.7. The zero-order chi connectivity index (χ0) is 17.3. The Morgan fingerprint density at radius 2 is 1.88 bits per heavy atom. The Morgan fingerprint density at radius 3 is 2.50 bits per heavy atom. The molecule has 24 heavy (non-hydrogen) atoms. The second-order valence-electron chi connectivity index (χ2n) is 6.07. The molecule has 0 fully saturated rings. The standard InChI is InChI=1S/C18H21N3O3/c1-4-18(23,5-2)11-21-17(22)16-14(12(3)24-20-16)15(19-21)13-9-7-6-8-10-13/h6-10,23H,4-5,11H2,1-3H3. The van der Waals surface area contributed by atoms with Crippen LogP contribution in [0.15, 0.2) is 39.6 Å². The molecule has 0 bridgehead atoms. The average Bonchev–Trinajstić information content (AvgIpc) is 3.00. The second kappa shape index (κ2) is 6.20. The Kier molecular flexibility index (Phi) is 4.24. The molecule has 0 aliphatic carbocycles. The molecule has 0 saturated heterocycles. The Labute approximate surface area is 139 Å². The van der Waals surface area contributed by atoms with Gasteiger partial charge in [-0.3, -0.25) is 4.79 Å². The molecule has 2 aromatic heterocycles. The molecule has 0 atom stereocenters. The zero-order valence-corrected chi connectivity index (χ0v) is 14.1. The molecule has 6 heteroatoms. The van der Waals surface area contributed by atoms with E-state index in [1.807, 2.05) is 44.2 Å². The fourth-order valence-corrected chi connectivity index (χ4v) is 2.79. The highest BCUT2D eigenvalue weighted by Crippen LogP contribution is 2.27. The van der Waals surface area contributed by atoms with Gasteiger partial charge in [0.05, 0.1) is 17.5 Å². The van der Waals surface area contributed by atoms with E-state index in [9.17, 15) is 9.90 Å². The van der Waals surface area contributed by atoms with Gasteiger partial charge in [0.25, 0.3) is 5.56 Å². The predicted octanol–water partition coefficient (Wildman–Crippen LogP) is 2.91. The molecule has 3 aromatic rings. The lowest BCUT2D eigenvalue weighted by molar-refractivity contribution is 0.0108. The number of aryl methyl sites for hydroxylation is 1. The smallest absolute Gasteiger partial charge is 0.296 e. The summed E-state index contributed by atoms with van der Waals surface area (Å²) < 4.78 is 6.54. The monoisotopic (exact) mass is 327 g/mol. The summed E-state index contributed by atoms with van der Waals surface area (Å²) in [5.74, 6) is 0.557. The maximum Gasteiger partial charge on any atom is 0.296 e. The summed E-state index contributed by atoms with van der Waals surface area (Å²) in [6.07, 6.45) is 1.07. The molecule has 2 heterocycles. The van der Waals surface area contributed by atoms with Crippen molar-refractivity contribution in [1.29, 1.82) is 0 Å². The number of hydrogen-bond donors (Lipinski definition) is 1. The van der Waals surface area contributed by atoms with Gasteiger partial charge in [-0.1, -0.05) is 49.3 Å². The van der Waals surface area contributed by atoms with Crippen molar-refractivity contribution in [2.24, 2.45) is 0 Å². The van der Waals surface area contributed by atoms with Crippen LogP contribution >= 0.6 is 0 Å². The molecule has 3 rings (SSSR count). The summed E-state index contributed by atoms with van der Waals surface area (Å²) in [6.45, 7) is 5.68. The number of benzene rings is 1. The quantitative estimate of drug-likeness (QED) is 0.779. The summed E-state index contributed by atoms with van der Waals surface area (Å²) in [7, 11) is 0. The van der Waals surface area contributed by atoms with Crippen LogP contribution in [0.1, 0.15) is 32.4 Å². The van der Waals surface area contributed by atoms with Gasteiger partial charge in [-0.2, -0.15) is 5.10 Å². The van der Waals surface area contributed by atoms with Gasteiger partial charge in [0.1, 0.15) is 11.5 Å². The lowest BCUT2D eigenvalue weighted by atomic mass is 9.97. The number of nitrogens with zero attached hydrogens (tertiary/aromatic N) is 3. The fraction of sp³-hybridized carbons (Fsp3) is 0.389. The van der Waals surface area contributed by atoms with Gasteiger partial charge in [-0.15, -0.1) is 0 Å². The van der Waals surface area contributed by atoms with Crippen LogP contribution in [0.25, 0.3) is 22.2 Å². The molecule has 0 radical (unpaired) electrons. The van der Waals surface area contributed by atoms with Crippen LogP contribution in [0.2, 0.25) is 0 Å². The molecule has 0 aliphatic rings. The minimum atomic E-state index is -0.975. The molecule has 1 aromatic carbocycles. The summed E-state index contributed by atoms with van der Waals surface area (Å²) >= 11 is 0. The Balaban J connectivity index is 2.26. The third kappa shape index (κ3) is 2.73. The molecule has 0 unspecified atom stereocenters. The van der Waals surface area contributed by atoms with Gasteiger partial charge in [0.2, 0.25) is 0 Å². The fourth-order valence-electron chi connectivity index (χ4n) is 2.79. The first-order valence-electron chi connectivity index (χ1n) is 8.14. The van der Waals surface area contributed by atoms with Crippen LogP contribution in [0.5, 0.6) is 0 Å². The first kappa shape index (κ1) is 16.4. The van der Waals surface area contributed by atoms with Crippen molar-refractivity contribution in [2.45, 2.75) is 45.8 Å². The van der Waals surface area contributed by atoms with Crippen molar-refractivity contribution >= 4 is 10.9 Å². The van der Waals surface area contributed by atoms with Crippen molar-refractivity contribution in [3.63, 3.8) is 0 Å². The first-order valence-corrected chi connectivity index (χ1v) is 8.14. The summed E-state index contributed by atoms with van der Waals surface area (Å²) in [4.78, 5) is 12.7. The number of hydrogen-bond acceptors (Lipinski definition) is 5. The van der Waals surface area contributed by atoms with Crippen LogP contribution in [0, 0.1) is 6.92 Å². The van der Waals surface area contributed by atoms with Gasteiger partial charge in [-0.25, -0.2) is 4.68 Å². The van der Waals surface area contributed by atoms with E-state index in [0.717, 1.165) is 5.56 Å². The normalized spacial score (nSPS) is 12.0. The van der Waals surface area contributed by atoms with Crippen LogP contribution in [-0.2, 0) is 6.54 Å². The lowest BCUT2D eigenvalue weighted by Crippen LogP contribution is -2.38. The van der Waals surface area contributed by atoms with Crippen LogP contribution < -0.4 is 5.56 Å². The summed E-state index contributed by atoms with van der Waals surface area (Å²) in [5.41, 5.74) is 0.437. The van der Waals surface area contributed by atoms with Crippen molar-refractivity contribution < 1.29 is 9.63 Å². The third-order valence-corrected chi connectivity index (χ3v) is 4.56. The van der Waals surface area contributed by atoms with E-state index in [0.29, 0.717) is 29.7 Å². The van der Waals surface area contributed by atoms with Gasteiger partial charge >= 0.3 is 0 Å². The molecule has 6 nitrogen and oxygen atoms in total. The zero-order valence-electron chi connectivity index (χ0n) is 14.1. The van der Waals surface area contributed by atoms with Gasteiger partial charge in [0.15, 0.2) is 5.52 Å². The number of rotatable bonds is 5. The Hall–Kier alpha value is -2.47. The first-order chi connectivity index (χ1) is 11.5. The van der Waals surface area contributed by atoms with Crippen molar-refractivity contribution in [1.82, 2.24) is 14.9 Å². The van der Waals surface area contributed by atoms with E-state index < -0.39 is 5.60 Å². The minimum Gasteiger partial charge on any atom is -0.388 e. The Bertz CT molecular complexity index is 908. The van der Waals surface area contributed by atoms with E-state index in [-0.39, 0.29) is 17.6 Å². The topological polar surface area (TPSA) is 81.2 Å². The maximum atomic E-state index is 12.7. The molecule has 126 valence electrons. The number of fused-ring (bicyclic) bond motifs is 1. The number of aliphatic hydroxyl groups is 1. The average molecular weight is 327 g/mol. The van der Waals surface area contributed by atoms with E-state index in [2.05, 4.69) is 10.3 Å². The number of aromatic nitrogens is 3. The molecule has 1 N–H and O–H groups in total. The van der Waals surface area contributed by atoms with Crippen molar-refractivity contribution in [3.05, 3.63) is 46.4 Å². The van der Waals surface area contributed by atoms with Gasteiger partial charge in [0, 0.05) is 5.56 Å². The molecule has 0 saturated carbocycles. The second-order valence-corrected chi connectivity index (χ2v) is 6.07. The largest absolute Gasteiger partial charge is 0.388 e. The van der Waals surface area contributed by atoms with Crippen LogP contribution in [0.4, 0.5) is 0 Å². The molecule has 0 amide bonds. The summed E-state index contributed by atoms with van der Waals surface area (Å²) in [5, 5.41) is 19.7. The van der Waals surface area contributed by atoms with E-state index in [1.54, 1.807) is 6.92 Å². The van der Waals surface area contributed by atoms with E-state index in [4.69, 9.17) is 4.52 Å². The molecular weight excluding hydrogens is 306 g/mol. The molecule has 0 spiro atoms. The highest BCUT2D eigenvalue weighted by Gasteiger charge is 2.26. The highest BCUT2D eigenvalue weighted by atomic mass is 16.5. The van der Waals surface area contributed by atoms with Crippen molar-refractivity contribution in [3.8, 4) is 11.3 Å². The lowest BCUT2D eigenvalue weighted by Gasteiger charge is -2.25. The van der Waals surface area contributed by atoms with Gasteiger partial charge in [-0.05, 0) is 19.8 Å². The molecular formula is C18H21N3O3. The third-order valence-electron chi connectivity index (χ3n) is 4.56. The van der Waals surface area contributed by atoms with Crippen molar-refractivity contribution in [2.75, 3.05) is 0 Å². The molecule has 0 aliphatic heterocycles. The van der Waals surface area contributed by atoms with E-state index >= 15 is 0 Å². The Morgan fingerprint density at radius 1 is 1.21 bits per heavy atom. The minimum absolute atomic E-state index is 0.126. The summed E-state index contributed by atoms with van der Waals surface area (Å²) in [6, 6.07) is 9.60. The van der Waals surface area contributed by atoms with Crippen LogP contribution in [-0.4, -0.2) is 25.6 Å². The van der Waals surface area contributed by atoms with Crippen LogP contribution in [0.3, 0.4) is 0 Å². The predicted molar refractivity (Wildman–Crippen MR) is 91.8 cm³/mol. The highest BCUT2D eigenvalue weighted by molar-refractivity contribution is 5.92.